The van der Waals surface area contributed by atoms with Crippen molar-refractivity contribution < 1.29 is 4.74 Å². The van der Waals surface area contributed by atoms with Gasteiger partial charge in [-0.3, -0.25) is 0 Å². The van der Waals surface area contributed by atoms with Gasteiger partial charge in [-0.05, 0) is 56.1 Å². The standard InChI is InChI=1S/C18H23NO/c1-4-11-19-13-16-7-5-6-8-18(16)20-17-10-9-14(2)15(3)12-17/h5-10,12,19H,4,11,13H2,1-3H3. The molecule has 0 fully saturated rings. The molecule has 0 bridgehead atoms. The van der Waals surface area contributed by atoms with E-state index in [1.165, 1.54) is 16.7 Å². The minimum Gasteiger partial charge on any atom is -0.457 e. The fourth-order valence-electron chi connectivity index (χ4n) is 2.05. The third-order valence-electron chi connectivity index (χ3n) is 3.42. The lowest BCUT2D eigenvalue weighted by atomic mass is 10.1. The van der Waals surface area contributed by atoms with Crippen molar-refractivity contribution in [3.63, 3.8) is 0 Å². The maximum atomic E-state index is 6.04. The van der Waals surface area contributed by atoms with Crippen molar-refractivity contribution in [1.29, 1.82) is 0 Å². The fourth-order valence-corrected chi connectivity index (χ4v) is 2.05. The quantitative estimate of drug-likeness (QED) is 0.774. The van der Waals surface area contributed by atoms with E-state index in [-0.39, 0.29) is 0 Å². The molecule has 0 radical (unpaired) electrons. The van der Waals surface area contributed by atoms with E-state index in [1.54, 1.807) is 0 Å². The molecule has 0 aromatic heterocycles. The van der Waals surface area contributed by atoms with E-state index in [9.17, 15) is 0 Å². The van der Waals surface area contributed by atoms with Crippen LogP contribution >= 0.6 is 0 Å². The van der Waals surface area contributed by atoms with E-state index in [1.807, 2.05) is 18.2 Å². The van der Waals surface area contributed by atoms with E-state index in [0.29, 0.717) is 0 Å². The van der Waals surface area contributed by atoms with Crippen molar-refractivity contribution in [1.82, 2.24) is 5.32 Å². The SMILES string of the molecule is CCCNCc1ccccc1Oc1ccc(C)c(C)c1. The largest absolute Gasteiger partial charge is 0.457 e. The van der Waals surface area contributed by atoms with Crippen LogP contribution in [0.25, 0.3) is 0 Å². The second-order valence-electron chi connectivity index (χ2n) is 5.13. The summed E-state index contributed by atoms with van der Waals surface area (Å²) in [5, 5.41) is 3.42. The zero-order chi connectivity index (χ0) is 14.4. The normalized spacial score (nSPS) is 10.6. The molecule has 0 aliphatic carbocycles. The highest BCUT2D eigenvalue weighted by Crippen LogP contribution is 2.26. The van der Waals surface area contributed by atoms with E-state index < -0.39 is 0 Å². The first-order chi connectivity index (χ1) is 9.70. The molecule has 0 heterocycles. The van der Waals surface area contributed by atoms with Gasteiger partial charge in [-0.2, -0.15) is 0 Å². The minimum absolute atomic E-state index is 0.842. The Morgan fingerprint density at radius 3 is 2.55 bits per heavy atom. The Balaban J connectivity index is 2.13. The highest BCUT2D eigenvalue weighted by molar-refractivity contribution is 5.40. The molecule has 0 spiro atoms. The summed E-state index contributed by atoms with van der Waals surface area (Å²) < 4.78 is 6.04. The lowest BCUT2D eigenvalue weighted by Crippen LogP contribution is -2.14. The lowest BCUT2D eigenvalue weighted by Gasteiger charge is -2.12. The molecule has 106 valence electrons. The Bertz CT molecular complexity index is 563. The maximum Gasteiger partial charge on any atom is 0.131 e. The van der Waals surface area contributed by atoms with Crippen LogP contribution in [0.15, 0.2) is 42.5 Å². The third-order valence-corrected chi connectivity index (χ3v) is 3.42. The number of hydrogen-bond donors (Lipinski definition) is 1. The van der Waals surface area contributed by atoms with Crippen molar-refractivity contribution in [3.8, 4) is 11.5 Å². The van der Waals surface area contributed by atoms with Gasteiger partial charge in [0.05, 0.1) is 0 Å². The Kier molecular flexibility index (Phi) is 5.19. The second-order valence-corrected chi connectivity index (χ2v) is 5.13. The van der Waals surface area contributed by atoms with Crippen molar-refractivity contribution in [2.45, 2.75) is 33.7 Å². The van der Waals surface area contributed by atoms with Crippen molar-refractivity contribution in [2.75, 3.05) is 6.54 Å². The van der Waals surface area contributed by atoms with Crippen LogP contribution < -0.4 is 10.1 Å². The smallest absolute Gasteiger partial charge is 0.131 e. The summed E-state index contributed by atoms with van der Waals surface area (Å²) in [6, 6.07) is 14.4. The van der Waals surface area contributed by atoms with Gasteiger partial charge in [-0.15, -0.1) is 0 Å². The maximum absolute atomic E-state index is 6.04. The van der Waals surface area contributed by atoms with E-state index in [0.717, 1.165) is 31.0 Å². The highest BCUT2D eigenvalue weighted by atomic mass is 16.5. The minimum atomic E-state index is 0.842. The van der Waals surface area contributed by atoms with Gasteiger partial charge in [0.15, 0.2) is 0 Å². The molecular weight excluding hydrogens is 246 g/mol. The molecule has 2 nitrogen and oxygen atoms in total. The van der Waals surface area contributed by atoms with Gasteiger partial charge < -0.3 is 10.1 Å². The number of rotatable bonds is 6. The van der Waals surface area contributed by atoms with E-state index >= 15 is 0 Å². The summed E-state index contributed by atoms with van der Waals surface area (Å²) in [7, 11) is 0. The number of aryl methyl sites for hydroxylation is 2. The molecule has 0 saturated heterocycles. The van der Waals surface area contributed by atoms with E-state index in [4.69, 9.17) is 4.74 Å². The predicted molar refractivity (Wildman–Crippen MR) is 84.4 cm³/mol. The average Bonchev–Trinajstić information content (AvgIpc) is 2.45. The first-order valence-electron chi connectivity index (χ1n) is 7.24. The summed E-state index contributed by atoms with van der Waals surface area (Å²) in [4.78, 5) is 0. The van der Waals surface area contributed by atoms with Gasteiger partial charge in [-0.25, -0.2) is 0 Å². The Hall–Kier alpha value is -1.80. The van der Waals surface area contributed by atoms with Crippen LogP contribution in [0.4, 0.5) is 0 Å². The molecule has 0 unspecified atom stereocenters. The van der Waals surface area contributed by atoms with Gasteiger partial charge in [0.25, 0.3) is 0 Å². The molecule has 0 saturated carbocycles. The third kappa shape index (κ3) is 3.84. The Labute approximate surface area is 121 Å². The summed E-state index contributed by atoms with van der Waals surface area (Å²) in [6.07, 6.45) is 1.14. The van der Waals surface area contributed by atoms with Crippen molar-refractivity contribution in [2.24, 2.45) is 0 Å². The molecule has 2 aromatic carbocycles. The summed E-state index contributed by atoms with van der Waals surface area (Å²) >= 11 is 0. The number of ether oxygens (including phenoxy) is 1. The fraction of sp³-hybridized carbons (Fsp3) is 0.333. The van der Waals surface area contributed by atoms with Crippen LogP contribution in [0.2, 0.25) is 0 Å². The number of benzene rings is 2. The van der Waals surface area contributed by atoms with Crippen LogP contribution in [-0.2, 0) is 6.54 Å². The predicted octanol–water partition coefficient (Wildman–Crippen LogP) is 4.60. The van der Waals surface area contributed by atoms with Gasteiger partial charge in [0.2, 0.25) is 0 Å². The van der Waals surface area contributed by atoms with Crippen molar-refractivity contribution in [3.05, 3.63) is 59.2 Å². The van der Waals surface area contributed by atoms with Gasteiger partial charge >= 0.3 is 0 Å². The Morgan fingerprint density at radius 2 is 1.80 bits per heavy atom. The van der Waals surface area contributed by atoms with Gasteiger partial charge in [-0.1, -0.05) is 31.2 Å². The number of para-hydroxylation sites is 1. The lowest BCUT2D eigenvalue weighted by molar-refractivity contribution is 0.472. The monoisotopic (exact) mass is 269 g/mol. The molecular formula is C18H23NO. The summed E-state index contributed by atoms with van der Waals surface area (Å²) in [5.41, 5.74) is 3.73. The zero-order valence-corrected chi connectivity index (χ0v) is 12.6. The van der Waals surface area contributed by atoms with Gasteiger partial charge in [0, 0.05) is 12.1 Å². The molecule has 2 aromatic rings. The van der Waals surface area contributed by atoms with Crippen molar-refractivity contribution >= 4 is 0 Å². The van der Waals surface area contributed by atoms with Crippen LogP contribution in [0.1, 0.15) is 30.0 Å². The number of hydrogen-bond acceptors (Lipinski definition) is 2. The summed E-state index contributed by atoms with van der Waals surface area (Å²) in [6.45, 7) is 8.26. The van der Waals surface area contributed by atoms with Crippen LogP contribution in [0, 0.1) is 13.8 Å². The van der Waals surface area contributed by atoms with Gasteiger partial charge in [0.1, 0.15) is 11.5 Å². The molecule has 0 aliphatic rings. The van der Waals surface area contributed by atoms with E-state index in [2.05, 4.69) is 50.4 Å². The topological polar surface area (TPSA) is 21.3 Å². The van der Waals surface area contributed by atoms with Crippen LogP contribution in [0.5, 0.6) is 11.5 Å². The first kappa shape index (κ1) is 14.6. The molecule has 0 atom stereocenters. The zero-order valence-electron chi connectivity index (χ0n) is 12.6. The van der Waals surface area contributed by atoms with Crippen LogP contribution in [0.3, 0.4) is 0 Å². The second kappa shape index (κ2) is 7.11. The molecule has 0 aliphatic heterocycles. The Morgan fingerprint density at radius 1 is 1.00 bits per heavy atom. The molecule has 0 amide bonds. The molecule has 2 rings (SSSR count). The molecule has 1 N–H and O–H groups in total. The first-order valence-corrected chi connectivity index (χ1v) is 7.24. The van der Waals surface area contributed by atoms with Crippen LogP contribution in [-0.4, -0.2) is 6.54 Å². The number of nitrogens with one attached hydrogen (secondary N) is 1. The molecule has 20 heavy (non-hydrogen) atoms. The highest BCUT2D eigenvalue weighted by Gasteiger charge is 2.05. The molecule has 2 heteroatoms. The summed E-state index contributed by atoms with van der Waals surface area (Å²) in [5.74, 6) is 1.83. The average molecular weight is 269 g/mol.